The number of hydrogen-bond donors (Lipinski definition) is 0. The molecule has 0 aliphatic carbocycles. The van der Waals surface area contributed by atoms with Gasteiger partial charge in [-0.25, -0.2) is 0 Å². The molecular formula is C21H29N5O3. The minimum Gasteiger partial charge on any atom is -0.373 e. The van der Waals surface area contributed by atoms with E-state index in [-0.39, 0.29) is 11.5 Å². The predicted octanol–water partition coefficient (Wildman–Crippen LogP) is 2.12. The number of ether oxygens (including phenoxy) is 1. The van der Waals surface area contributed by atoms with Crippen LogP contribution in [0, 0.1) is 6.92 Å². The first kappa shape index (κ1) is 20.0. The number of hydrogen-bond acceptors (Lipinski definition) is 7. The van der Waals surface area contributed by atoms with E-state index in [4.69, 9.17) is 9.26 Å². The molecule has 2 fully saturated rings. The minimum atomic E-state index is -0.355. The number of carbonyl (C=O) groups is 1. The molecule has 8 heteroatoms. The van der Waals surface area contributed by atoms with Crippen molar-refractivity contribution in [1.82, 2.24) is 24.9 Å². The van der Waals surface area contributed by atoms with Gasteiger partial charge >= 0.3 is 0 Å². The quantitative estimate of drug-likeness (QED) is 0.761. The Labute approximate surface area is 171 Å². The molecule has 2 aliphatic heterocycles. The number of likely N-dealkylation sites (tertiary alicyclic amines) is 1. The second kappa shape index (κ2) is 8.59. The Balaban J connectivity index is 1.33. The van der Waals surface area contributed by atoms with Gasteiger partial charge in [0.05, 0.1) is 37.4 Å². The van der Waals surface area contributed by atoms with Crippen molar-refractivity contribution in [2.75, 3.05) is 26.2 Å². The van der Waals surface area contributed by atoms with Crippen molar-refractivity contribution < 1.29 is 14.1 Å². The molecule has 29 heavy (non-hydrogen) atoms. The van der Waals surface area contributed by atoms with Gasteiger partial charge in [0, 0.05) is 31.7 Å². The maximum Gasteiger partial charge on any atom is 0.240 e. The number of amides is 1. The van der Waals surface area contributed by atoms with Crippen LogP contribution in [0.3, 0.4) is 0 Å². The third-order valence-electron chi connectivity index (χ3n) is 5.85. The topological polar surface area (TPSA) is 84.6 Å². The number of pyridine rings is 1. The number of piperidine rings is 1. The molecule has 0 atom stereocenters. The zero-order valence-corrected chi connectivity index (χ0v) is 17.3. The molecule has 0 aromatic carbocycles. The molecule has 0 N–H and O–H groups in total. The van der Waals surface area contributed by atoms with Gasteiger partial charge in [-0.2, -0.15) is 4.98 Å². The van der Waals surface area contributed by atoms with Crippen molar-refractivity contribution in [3.63, 3.8) is 0 Å². The lowest BCUT2D eigenvalue weighted by molar-refractivity contribution is -0.136. The Morgan fingerprint density at radius 2 is 1.97 bits per heavy atom. The van der Waals surface area contributed by atoms with Crippen LogP contribution in [0.1, 0.15) is 49.3 Å². The van der Waals surface area contributed by atoms with Crippen LogP contribution in [-0.4, -0.2) is 62.7 Å². The van der Waals surface area contributed by atoms with Crippen LogP contribution in [0.25, 0.3) is 0 Å². The molecule has 1 spiro atoms. The monoisotopic (exact) mass is 399 g/mol. The smallest absolute Gasteiger partial charge is 0.240 e. The first-order valence-electron chi connectivity index (χ1n) is 10.4. The van der Waals surface area contributed by atoms with Crippen LogP contribution >= 0.6 is 0 Å². The Morgan fingerprint density at radius 3 is 2.69 bits per heavy atom. The molecular weight excluding hydrogens is 370 g/mol. The summed E-state index contributed by atoms with van der Waals surface area (Å²) in [5.41, 5.74) is 1.54. The number of nitrogens with zero attached hydrogens (tertiary/aromatic N) is 5. The SMILES string of the molecule is CCc1noc(CN2CCC3(CC2)CC(=O)N(Cc2cccc(C)n2)CCO3)n1. The highest BCUT2D eigenvalue weighted by molar-refractivity contribution is 5.77. The molecule has 2 aliphatic rings. The van der Waals surface area contributed by atoms with Crippen LogP contribution in [0.5, 0.6) is 0 Å². The number of aromatic nitrogens is 3. The highest BCUT2D eigenvalue weighted by Gasteiger charge is 2.40. The summed E-state index contributed by atoms with van der Waals surface area (Å²) in [6.07, 6.45) is 2.89. The van der Waals surface area contributed by atoms with E-state index < -0.39 is 0 Å². The van der Waals surface area contributed by atoms with Crippen LogP contribution in [0.2, 0.25) is 0 Å². The zero-order chi connectivity index (χ0) is 20.3. The first-order valence-corrected chi connectivity index (χ1v) is 10.4. The molecule has 8 nitrogen and oxygen atoms in total. The molecule has 0 saturated carbocycles. The Hall–Kier alpha value is -2.32. The van der Waals surface area contributed by atoms with Crippen molar-refractivity contribution in [2.45, 2.75) is 58.2 Å². The summed E-state index contributed by atoms with van der Waals surface area (Å²) < 4.78 is 11.6. The fourth-order valence-corrected chi connectivity index (χ4v) is 4.11. The molecule has 4 rings (SSSR count). The predicted molar refractivity (Wildman–Crippen MR) is 106 cm³/mol. The van der Waals surface area contributed by atoms with Crippen LogP contribution in [0.15, 0.2) is 22.7 Å². The number of aryl methyl sites for hydroxylation is 2. The summed E-state index contributed by atoms with van der Waals surface area (Å²) in [5.74, 6) is 1.56. The highest BCUT2D eigenvalue weighted by Crippen LogP contribution is 2.33. The lowest BCUT2D eigenvalue weighted by Gasteiger charge is -2.40. The van der Waals surface area contributed by atoms with Gasteiger partial charge in [-0.1, -0.05) is 18.1 Å². The Kier molecular flexibility index (Phi) is 5.91. The van der Waals surface area contributed by atoms with Gasteiger partial charge in [-0.05, 0) is 31.9 Å². The van der Waals surface area contributed by atoms with Gasteiger partial charge in [-0.3, -0.25) is 14.7 Å². The van der Waals surface area contributed by atoms with Crippen molar-refractivity contribution >= 4 is 5.91 Å². The van der Waals surface area contributed by atoms with Crippen LogP contribution in [0.4, 0.5) is 0 Å². The second-order valence-electron chi connectivity index (χ2n) is 8.03. The Bertz CT molecular complexity index is 844. The standard InChI is InChI=1S/C21H29N5O3/c1-3-18-23-19(29-24-18)15-25-9-7-21(8-10-25)13-20(27)26(11-12-28-21)14-17-6-4-5-16(2)22-17/h4-6H,3,7-15H2,1-2H3. The van der Waals surface area contributed by atoms with E-state index in [9.17, 15) is 4.79 Å². The maximum atomic E-state index is 13.0. The van der Waals surface area contributed by atoms with Gasteiger partial charge < -0.3 is 14.2 Å². The highest BCUT2D eigenvalue weighted by atomic mass is 16.5. The van der Waals surface area contributed by atoms with Crippen LogP contribution < -0.4 is 0 Å². The average molecular weight is 399 g/mol. The van der Waals surface area contributed by atoms with Crippen molar-refractivity contribution in [3.05, 3.63) is 41.3 Å². The summed E-state index contributed by atoms with van der Waals surface area (Å²) in [6, 6.07) is 5.93. The molecule has 4 heterocycles. The zero-order valence-electron chi connectivity index (χ0n) is 17.3. The van der Waals surface area contributed by atoms with Crippen LogP contribution in [-0.2, 0) is 29.0 Å². The van der Waals surface area contributed by atoms with Gasteiger partial charge in [0.1, 0.15) is 0 Å². The fourth-order valence-electron chi connectivity index (χ4n) is 4.11. The molecule has 0 bridgehead atoms. The van der Waals surface area contributed by atoms with Gasteiger partial charge in [0.25, 0.3) is 0 Å². The maximum absolute atomic E-state index is 13.0. The molecule has 2 aromatic rings. The summed E-state index contributed by atoms with van der Waals surface area (Å²) in [7, 11) is 0. The lowest BCUT2D eigenvalue weighted by atomic mass is 9.87. The lowest BCUT2D eigenvalue weighted by Crippen LogP contribution is -2.47. The molecule has 156 valence electrons. The molecule has 2 saturated heterocycles. The molecule has 0 unspecified atom stereocenters. The second-order valence-corrected chi connectivity index (χ2v) is 8.03. The summed E-state index contributed by atoms with van der Waals surface area (Å²) in [6.45, 7) is 8.08. The van der Waals surface area contributed by atoms with E-state index in [2.05, 4.69) is 20.0 Å². The summed E-state index contributed by atoms with van der Waals surface area (Å²) in [5, 5.41) is 3.96. The third kappa shape index (κ3) is 4.82. The van der Waals surface area contributed by atoms with E-state index in [0.717, 1.165) is 49.6 Å². The van der Waals surface area contributed by atoms with Gasteiger partial charge in [-0.15, -0.1) is 0 Å². The number of carbonyl (C=O) groups excluding carboxylic acids is 1. The molecule has 0 radical (unpaired) electrons. The largest absolute Gasteiger partial charge is 0.373 e. The first-order chi connectivity index (χ1) is 14.0. The van der Waals surface area contributed by atoms with E-state index in [1.54, 1.807) is 0 Å². The van der Waals surface area contributed by atoms with E-state index in [1.165, 1.54) is 0 Å². The van der Waals surface area contributed by atoms with Gasteiger partial charge in [0.15, 0.2) is 5.82 Å². The minimum absolute atomic E-state index is 0.156. The van der Waals surface area contributed by atoms with Crippen molar-refractivity contribution in [1.29, 1.82) is 0 Å². The van der Waals surface area contributed by atoms with Crippen molar-refractivity contribution in [2.24, 2.45) is 0 Å². The Morgan fingerprint density at radius 1 is 1.14 bits per heavy atom. The average Bonchev–Trinajstić information content (AvgIpc) is 3.11. The van der Waals surface area contributed by atoms with E-state index in [0.29, 0.717) is 38.6 Å². The normalized spacial score (nSPS) is 20.2. The van der Waals surface area contributed by atoms with Gasteiger partial charge in [0.2, 0.25) is 11.8 Å². The van der Waals surface area contributed by atoms with E-state index >= 15 is 0 Å². The summed E-state index contributed by atoms with van der Waals surface area (Å²) in [4.78, 5) is 26.1. The van der Waals surface area contributed by atoms with Crippen molar-refractivity contribution in [3.8, 4) is 0 Å². The molecule has 2 aromatic heterocycles. The fraction of sp³-hybridized carbons (Fsp3) is 0.619. The van der Waals surface area contributed by atoms with E-state index in [1.807, 2.05) is 36.9 Å². The summed E-state index contributed by atoms with van der Waals surface area (Å²) >= 11 is 0. The number of rotatable bonds is 5. The third-order valence-corrected chi connectivity index (χ3v) is 5.85. The molecule has 1 amide bonds.